The number of methoxy groups -OCH3 is 1. The molecule has 9 nitrogen and oxygen atoms in total. The highest BCUT2D eigenvalue weighted by atomic mass is 19.4. The number of esters is 1. The fourth-order valence-electron chi connectivity index (χ4n) is 5.55. The van der Waals surface area contributed by atoms with E-state index in [1.54, 1.807) is 54.6 Å². The number of hydrogen-bond donors (Lipinski definition) is 1. The lowest BCUT2D eigenvalue weighted by atomic mass is 9.80. The van der Waals surface area contributed by atoms with Crippen LogP contribution in [0.15, 0.2) is 59.0 Å². The summed E-state index contributed by atoms with van der Waals surface area (Å²) >= 11 is 0. The largest absolute Gasteiger partial charge is 0.469 e. The molecule has 2 fully saturated rings. The van der Waals surface area contributed by atoms with Crippen LogP contribution in [0, 0.1) is 11.8 Å². The van der Waals surface area contributed by atoms with Gasteiger partial charge in [-0.3, -0.25) is 14.4 Å². The first-order chi connectivity index (χ1) is 20.1. The van der Waals surface area contributed by atoms with Crippen molar-refractivity contribution in [2.75, 3.05) is 43.5 Å². The molecule has 2 atom stereocenters. The van der Waals surface area contributed by atoms with Crippen molar-refractivity contribution in [3.8, 4) is 11.5 Å². The maximum absolute atomic E-state index is 13.6. The van der Waals surface area contributed by atoms with Crippen molar-refractivity contribution < 1.29 is 36.7 Å². The molecule has 1 aliphatic heterocycles. The molecule has 42 heavy (non-hydrogen) atoms. The fourth-order valence-corrected chi connectivity index (χ4v) is 5.55. The molecule has 0 bridgehead atoms. The average Bonchev–Trinajstić information content (AvgIpc) is 3.48. The predicted octanol–water partition coefficient (Wildman–Crippen LogP) is 5.24. The molecule has 1 aromatic heterocycles. The number of oxazole rings is 1. The third kappa shape index (κ3) is 6.42. The van der Waals surface area contributed by atoms with Gasteiger partial charge in [0.2, 0.25) is 17.6 Å². The quantitative estimate of drug-likeness (QED) is 0.395. The number of carbonyl (C=O) groups excluding carboxylic acids is 3. The Hall–Kier alpha value is -4.35. The number of carbonyl (C=O) groups is 3. The molecule has 1 saturated heterocycles. The van der Waals surface area contributed by atoms with E-state index in [0.717, 1.165) is 24.9 Å². The second kappa shape index (κ2) is 12.3. The number of alkyl halides is 3. The minimum atomic E-state index is -4.90. The van der Waals surface area contributed by atoms with E-state index in [-0.39, 0.29) is 29.6 Å². The Kier molecular flexibility index (Phi) is 8.51. The van der Waals surface area contributed by atoms with Gasteiger partial charge in [0.05, 0.1) is 13.0 Å². The van der Waals surface area contributed by atoms with Crippen molar-refractivity contribution >= 4 is 29.2 Å². The van der Waals surface area contributed by atoms with Gasteiger partial charge in [-0.1, -0.05) is 24.6 Å². The molecule has 2 aromatic carbocycles. The molecule has 0 radical (unpaired) electrons. The molecule has 1 aliphatic carbocycles. The molecule has 0 unspecified atom stereocenters. The van der Waals surface area contributed by atoms with Crippen molar-refractivity contribution in [2.45, 2.75) is 31.9 Å². The first-order valence-corrected chi connectivity index (χ1v) is 13.8. The van der Waals surface area contributed by atoms with Crippen LogP contribution < -0.4 is 10.2 Å². The molecule has 12 heteroatoms. The van der Waals surface area contributed by atoms with Crippen molar-refractivity contribution in [2.24, 2.45) is 11.8 Å². The van der Waals surface area contributed by atoms with E-state index < -0.39 is 23.5 Å². The van der Waals surface area contributed by atoms with Gasteiger partial charge >= 0.3 is 12.1 Å². The van der Waals surface area contributed by atoms with Gasteiger partial charge in [0, 0.05) is 49.0 Å². The van der Waals surface area contributed by atoms with E-state index >= 15 is 0 Å². The van der Waals surface area contributed by atoms with Crippen LogP contribution in [0.2, 0.25) is 0 Å². The Morgan fingerprint density at radius 2 is 1.62 bits per heavy atom. The Morgan fingerprint density at radius 3 is 2.26 bits per heavy atom. The van der Waals surface area contributed by atoms with Crippen LogP contribution in [0.4, 0.5) is 24.5 Å². The summed E-state index contributed by atoms with van der Waals surface area (Å²) in [5, 5.41) is 2.47. The number of nitrogens with zero attached hydrogens (tertiary/aromatic N) is 3. The van der Waals surface area contributed by atoms with Crippen LogP contribution in [0.3, 0.4) is 0 Å². The van der Waals surface area contributed by atoms with E-state index in [1.165, 1.54) is 7.11 Å². The lowest BCUT2D eigenvalue weighted by Gasteiger charge is -2.38. The van der Waals surface area contributed by atoms with Crippen LogP contribution in [0.25, 0.3) is 11.5 Å². The van der Waals surface area contributed by atoms with Gasteiger partial charge in [0.25, 0.3) is 5.91 Å². The average molecular weight is 585 g/mol. The molecule has 2 heterocycles. The summed E-state index contributed by atoms with van der Waals surface area (Å²) in [6.45, 7) is 2.27. The zero-order valence-corrected chi connectivity index (χ0v) is 23.0. The van der Waals surface area contributed by atoms with Crippen molar-refractivity contribution in [3.63, 3.8) is 0 Å². The monoisotopic (exact) mass is 584 g/mol. The molecule has 222 valence electrons. The van der Waals surface area contributed by atoms with Gasteiger partial charge in [0.1, 0.15) is 0 Å². The Morgan fingerprint density at radius 1 is 0.952 bits per heavy atom. The van der Waals surface area contributed by atoms with Crippen LogP contribution in [-0.4, -0.2) is 61.0 Å². The number of rotatable bonds is 6. The van der Waals surface area contributed by atoms with Crippen LogP contribution in [0.1, 0.15) is 41.9 Å². The van der Waals surface area contributed by atoms with Crippen LogP contribution in [-0.2, 0) is 20.5 Å². The number of halogens is 3. The van der Waals surface area contributed by atoms with Gasteiger partial charge < -0.3 is 24.3 Å². The third-order valence-corrected chi connectivity index (χ3v) is 7.76. The molecular formula is C30H31F3N4O5. The maximum Gasteiger partial charge on any atom is 0.452 e. The Bertz CT molecular complexity index is 1420. The van der Waals surface area contributed by atoms with E-state index in [4.69, 9.17) is 9.15 Å². The second-order valence-corrected chi connectivity index (χ2v) is 10.5. The first-order valence-electron chi connectivity index (χ1n) is 13.8. The lowest BCUT2D eigenvalue weighted by Crippen LogP contribution is -2.51. The summed E-state index contributed by atoms with van der Waals surface area (Å²) in [6, 6.07) is 14.8. The number of hydrogen-bond acceptors (Lipinski definition) is 7. The third-order valence-electron chi connectivity index (χ3n) is 7.76. The molecule has 5 rings (SSSR count). The maximum atomic E-state index is 13.6. The smallest absolute Gasteiger partial charge is 0.452 e. The van der Waals surface area contributed by atoms with E-state index in [2.05, 4.69) is 15.2 Å². The predicted molar refractivity (Wildman–Crippen MR) is 148 cm³/mol. The highest BCUT2D eigenvalue weighted by Gasteiger charge is 2.42. The summed E-state index contributed by atoms with van der Waals surface area (Å²) in [6.07, 6.45) is -2.05. The standard InChI is InChI=1S/C30H31F3N4O5/c1-41-29(40)21-9-5-8-20(18-21)28(39)37-16-14-36(15-17-37)23-12-10-22(11-13-23)34-26(38)24-25(30(31,32)33)42-27(35-24)19-6-3-2-4-7-19/h2-4,6-7,10-13,20-21H,5,8-9,14-18H2,1H3,(H,34,38)/t20-,21+/m0/s1. The normalized spacial score (nSPS) is 19.3. The summed E-state index contributed by atoms with van der Waals surface area (Å²) < 4.78 is 50.7. The van der Waals surface area contributed by atoms with Crippen molar-refractivity contribution in [3.05, 3.63) is 66.1 Å². The molecule has 0 spiro atoms. The molecule has 3 aromatic rings. The molecule has 1 saturated carbocycles. The highest BCUT2D eigenvalue weighted by molar-refractivity contribution is 6.04. The number of piperazine rings is 1. The summed E-state index contributed by atoms with van der Waals surface area (Å²) in [5.74, 6) is -3.38. The number of nitrogens with one attached hydrogen (secondary N) is 1. The summed E-state index contributed by atoms with van der Waals surface area (Å²) in [5.41, 5.74) is 0.624. The van der Waals surface area contributed by atoms with Gasteiger partial charge in [-0.15, -0.1) is 0 Å². The number of ether oxygens (including phenoxy) is 1. The van der Waals surface area contributed by atoms with Gasteiger partial charge in [-0.2, -0.15) is 13.2 Å². The topological polar surface area (TPSA) is 105 Å². The SMILES string of the molecule is COC(=O)[C@@H]1CCC[C@H](C(=O)N2CCN(c3ccc(NC(=O)c4nc(-c5ccccc5)oc4C(F)(F)F)cc3)CC2)C1. The zero-order chi connectivity index (χ0) is 29.9. The minimum absolute atomic E-state index is 0.0721. The van der Waals surface area contributed by atoms with Gasteiger partial charge in [0.15, 0.2) is 5.69 Å². The zero-order valence-electron chi connectivity index (χ0n) is 23.0. The van der Waals surface area contributed by atoms with Crippen LogP contribution >= 0.6 is 0 Å². The summed E-state index contributed by atoms with van der Waals surface area (Å²) in [4.78, 5) is 45.7. The minimum Gasteiger partial charge on any atom is -0.469 e. The van der Waals surface area contributed by atoms with E-state index in [0.29, 0.717) is 43.9 Å². The van der Waals surface area contributed by atoms with E-state index in [1.807, 2.05) is 4.90 Å². The number of aromatic nitrogens is 1. The fraction of sp³-hybridized carbons (Fsp3) is 0.400. The lowest BCUT2D eigenvalue weighted by molar-refractivity contribution is -0.153. The molecular weight excluding hydrogens is 553 g/mol. The number of benzene rings is 2. The van der Waals surface area contributed by atoms with Gasteiger partial charge in [-0.25, -0.2) is 4.98 Å². The molecule has 2 aliphatic rings. The summed E-state index contributed by atoms with van der Waals surface area (Å²) in [7, 11) is 1.37. The second-order valence-electron chi connectivity index (χ2n) is 10.5. The highest BCUT2D eigenvalue weighted by Crippen LogP contribution is 2.36. The number of anilines is 2. The molecule has 2 amide bonds. The van der Waals surface area contributed by atoms with Crippen molar-refractivity contribution in [1.29, 1.82) is 0 Å². The van der Waals surface area contributed by atoms with Gasteiger partial charge in [-0.05, 0) is 55.7 Å². The number of amides is 2. The Labute approximate surface area is 240 Å². The van der Waals surface area contributed by atoms with E-state index in [9.17, 15) is 27.6 Å². The van der Waals surface area contributed by atoms with Crippen molar-refractivity contribution in [1.82, 2.24) is 9.88 Å². The Balaban J connectivity index is 1.19. The first kappa shape index (κ1) is 29.2. The molecule has 1 N–H and O–H groups in total. The van der Waals surface area contributed by atoms with Crippen LogP contribution in [0.5, 0.6) is 0 Å².